The second kappa shape index (κ2) is 10.9. The third-order valence-electron chi connectivity index (χ3n) is 4.82. The third kappa shape index (κ3) is 6.07. The van der Waals surface area contributed by atoms with Crippen molar-refractivity contribution >= 4 is 50.5 Å². The predicted octanol–water partition coefficient (Wildman–Crippen LogP) is 6.77. The van der Waals surface area contributed by atoms with Crippen molar-refractivity contribution in [2.75, 3.05) is 6.61 Å². The fourth-order valence-corrected chi connectivity index (χ4v) is 4.64. The average Bonchev–Trinajstić information content (AvgIpc) is 3.13. The standard InChI is InChI=1S/C26H22BrFN2O3S/c1-3-32-22-13-18(12-21(27)24(22)33-15-17-5-4-6-19(28)11-17)14-23-25(31)30-26(34-23)29-20-9-7-16(2)8-10-20/h4-14H,3,15H2,1-2H3,(H,29,30,31)/b23-14+. The Morgan fingerprint density at radius 1 is 1.12 bits per heavy atom. The van der Waals surface area contributed by atoms with Crippen molar-refractivity contribution < 1.29 is 18.7 Å². The lowest BCUT2D eigenvalue weighted by molar-refractivity contribution is -0.115. The fourth-order valence-electron chi connectivity index (χ4n) is 3.22. The first kappa shape index (κ1) is 24.0. The van der Waals surface area contributed by atoms with Gasteiger partial charge in [-0.05, 0) is 95.1 Å². The Morgan fingerprint density at radius 3 is 2.65 bits per heavy atom. The van der Waals surface area contributed by atoms with E-state index in [2.05, 4.69) is 26.2 Å². The van der Waals surface area contributed by atoms with Gasteiger partial charge in [0.15, 0.2) is 16.7 Å². The number of benzene rings is 3. The Bertz CT molecular complexity index is 1280. The normalized spacial score (nSPS) is 15.6. The molecule has 0 aliphatic carbocycles. The molecule has 0 aromatic heterocycles. The highest BCUT2D eigenvalue weighted by Crippen LogP contribution is 2.39. The summed E-state index contributed by atoms with van der Waals surface area (Å²) in [7, 11) is 0. The number of amidine groups is 1. The van der Waals surface area contributed by atoms with Gasteiger partial charge in [-0.1, -0.05) is 29.8 Å². The van der Waals surface area contributed by atoms with Crippen molar-refractivity contribution in [1.29, 1.82) is 0 Å². The van der Waals surface area contributed by atoms with Gasteiger partial charge in [0.25, 0.3) is 5.91 Å². The molecule has 3 aromatic rings. The SMILES string of the molecule is CCOc1cc(/C=C2/SC(=Nc3ccc(C)cc3)NC2=O)cc(Br)c1OCc1cccc(F)c1. The lowest BCUT2D eigenvalue weighted by Gasteiger charge is -2.15. The van der Waals surface area contributed by atoms with E-state index in [4.69, 9.17) is 9.47 Å². The van der Waals surface area contributed by atoms with Gasteiger partial charge in [-0.2, -0.15) is 0 Å². The van der Waals surface area contributed by atoms with E-state index in [1.54, 1.807) is 18.2 Å². The molecule has 1 aliphatic heterocycles. The fraction of sp³-hybridized carbons (Fsp3) is 0.154. The van der Waals surface area contributed by atoms with Gasteiger partial charge in [0.1, 0.15) is 12.4 Å². The van der Waals surface area contributed by atoms with E-state index in [9.17, 15) is 9.18 Å². The molecule has 1 N–H and O–H groups in total. The quantitative estimate of drug-likeness (QED) is 0.336. The summed E-state index contributed by atoms with van der Waals surface area (Å²) in [5.41, 5.74) is 3.39. The molecule has 0 spiro atoms. The molecule has 1 fully saturated rings. The van der Waals surface area contributed by atoms with Crippen molar-refractivity contribution in [3.63, 3.8) is 0 Å². The second-order valence-corrected chi connectivity index (χ2v) is 9.38. The van der Waals surface area contributed by atoms with Crippen LogP contribution in [0.3, 0.4) is 0 Å². The van der Waals surface area contributed by atoms with E-state index in [-0.39, 0.29) is 18.3 Å². The molecule has 1 heterocycles. The number of hydrogen-bond acceptors (Lipinski definition) is 5. The summed E-state index contributed by atoms with van der Waals surface area (Å²) in [5, 5.41) is 3.33. The molecule has 0 bridgehead atoms. The molecule has 3 aromatic carbocycles. The number of aliphatic imine (C=N–C) groups is 1. The molecule has 5 nitrogen and oxygen atoms in total. The van der Waals surface area contributed by atoms with Gasteiger partial charge in [-0.25, -0.2) is 9.38 Å². The summed E-state index contributed by atoms with van der Waals surface area (Å²) in [6.45, 7) is 4.51. The van der Waals surface area contributed by atoms with Crippen LogP contribution in [0.25, 0.3) is 6.08 Å². The summed E-state index contributed by atoms with van der Waals surface area (Å²) >= 11 is 4.82. The van der Waals surface area contributed by atoms with Gasteiger partial charge in [0.2, 0.25) is 0 Å². The van der Waals surface area contributed by atoms with Crippen molar-refractivity contribution in [2.24, 2.45) is 4.99 Å². The second-order valence-electron chi connectivity index (χ2n) is 7.50. The van der Waals surface area contributed by atoms with Crippen LogP contribution in [-0.4, -0.2) is 17.7 Å². The molecule has 4 rings (SSSR count). The van der Waals surface area contributed by atoms with Crippen LogP contribution >= 0.6 is 27.7 Å². The largest absolute Gasteiger partial charge is 0.490 e. The number of rotatable bonds is 7. The highest BCUT2D eigenvalue weighted by Gasteiger charge is 2.24. The number of thioether (sulfide) groups is 1. The molecule has 0 saturated carbocycles. The zero-order valence-electron chi connectivity index (χ0n) is 18.6. The molecule has 0 unspecified atom stereocenters. The first-order valence-corrected chi connectivity index (χ1v) is 12.2. The summed E-state index contributed by atoms with van der Waals surface area (Å²) in [5.74, 6) is 0.511. The number of nitrogens with one attached hydrogen (secondary N) is 1. The minimum Gasteiger partial charge on any atom is -0.490 e. The van der Waals surface area contributed by atoms with Crippen molar-refractivity contribution in [3.8, 4) is 11.5 Å². The molecule has 1 amide bonds. The number of carbonyl (C=O) groups excluding carboxylic acids is 1. The maximum Gasteiger partial charge on any atom is 0.264 e. The van der Waals surface area contributed by atoms with Crippen molar-refractivity contribution in [2.45, 2.75) is 20.5 Å². The van der Waals surface area contributed by atoms with Crippen LogP contribution in [-0.2, 0) is 11.4 Å². The number of amides is 1. The first-order chi connectivity index (χ1) is 16.4. The molecule has 174 valence electrons. The molecule has 1 saturated heterocycles. The highest BCUT2D eigenvalue weighted by molar-refractivity contribution is 9.10. The lowest BCUT2D eigenvalue weighted by atomic mass is 10.1. The van der Waals surface area contributed by atoms with Gasteiger partial charge in [0.05, 0.1) is 21.7 Å². The first-order valence-electron chi connectivity index (χ1n) is 10.6. The maximum atomic E-state index is 13.5. The van der Waals surface area contributed by atoms with Crippen LogP contribution in [0, 0.1) is 12.7 Å². The minimum atomic E-state index is -0.315. The zero-order valence-corrected chi connectivity index (χ0v) is 21.0. The minimum absolute atomic E-state index is 0.188. The van der Waals surface area contributed by atoms with Gasteiger partial charge < -0.3 is 14.8 Å². The van der Waals surface area contributed by atoms with Crippen LogP contribution < -0.4 is 14.8 Å². The van der Waals surface area contributed by atoms with E-state index >= 15 is 0 Å². The molecule has 0 atom stereocenters. The van der Waals surface area contributed by atoms with Crippen LogP contribution in [0.1, 0.15) is 23.6 Å². The summed E-state index contributed by atoms with van der Waals surface area (Å²) in [6.07, 6.45) is 1.78. The summed E-state index contributed by atoms with van der Waals surface area (Å²) < 4.78 is 25.9. The van der Waals surface area contributed by atoms with E-state index < -0.39 is 0 Å². The molecule has 1 aliphatic rings. The summed E-state index contributed by atoms with van der Waals surface area (Å²) in [6, 6.07) is 17.7. The number of carbonyl (C=O) groups is 1. The molecule has 8 heteroatoms. The average molecular weight is 541 g/mol. The predicted molar refractivity (Wildman–Crippen MR) is 138 cm³/mol. The van der Waals surface area contributed by atoms with Crippen LogP contribution in [0.15, 0.2) is 75.0 Å². The van der Waals surface area contributed by atoms with Crippen molar-refractivity contribution in [1.82, 2.24) is 5.32 Å². The van der Waals surface area contributed by atoms with Gasteiger partial charge in [-0.15, -0.1) is 0 Å². The molecule has 34 heavy (non-hydrogen) atoms. The third-order valence-corrected chi connectivity index (χ3v) is 6.32. The topological polar surface area (TPSA) is 59.9 Å². The van der Waals surface area contributed by atoms with Crippen LogP contribution in [0.2, 0.25) is 0 Å². The Morgan fingerprint density at radius 2 is 1.91 bits per heavy atom. The summed E-state index contributed by atoms with van der Waals surface area (Å²) in [4.78, 5) is 17.5. The Balaban J connectivity index is 1.55. The number of halogens is 2. The van der Waals surface area contributed by atoms with Crippen molar-refractivity contribution in [3.05, 3.63) is 92.5 Å². The van der Waals surface area contributed by atoms with E-state index in [1.807, 2.05) is 50.2 Å². The van der Waals surface area contributed by atoms with E-state index in [0.717, 1.165) is 16.8 Å². The van der Waals surface area contributed by atoms with Crippen LogP contribution in [0.5, 0.6) is 11.5 Å². The number of hydrogen-bond donors (Lipinski definition) is 1. The molecular formula is C26H22BrFN2O3S. The number of nitrogens with zero attached hydrogens (tertiary/aromatic N) is 1. The highest BCUT2D eigenvalue weighted by atomic mass is 79.9. The van der Waals surface area contributed by atoms with E-state index in [1.165, 1.54) is 23.9 Å². The maximum absolute atomic E-state index is 13.5. The number of ether oxygens (including phenoxy) is 2. The Labute approximate surface area is 210 Å². The molecular weight excluding hydrogens is 519 g/mol. The Hall–Kier alpha value is -3.10. The van der Waals surface area contributed by atoms with Gasteiger partial charge in [0, 0.05) is 0 Å². The van der Waals surface area contributed by atoms with Gasteiger partial charge >= 0.3 is 0 Å². The lowest BCUT2D eigenvalue weighted by Crippen LogP contribution is -2.19. The number of aryl methyl sites for hydroxylation is 1. The Kier molecular flexibility index (Phi) is 7.70. The zero-order chi connectivity index (χ0) is 24.1. The van der Waals surface area contributed by atoms with Crippen LogP contribution in [0.4, 0.5) is 10.1 Å². The van der Waals surface area contributed by atoms with Gasteiger partial charge in [-0.3, -0.25) is 4.79 Å². The van der Waals surface area contributed by atoms with E-state index in [0.29, 0.717) is 38.2 Å². The smallest absolute Gasteiger partial charge is 0.264 e. The molecule has 0 radical (unpaired) electrons. The monoisotopic (exact) mass is 540 g/mol.